The number of hydrogen-bond donors (Lipinski definition) is 0. The molecule has 0 fully saturated rings. The Labute approximate surface area is 104 Å². The Bertz CT molecular complexity index is 431. The molecule has 1 aromatic carbocycles. The predicted molar refractivity (Wildman–Crippen MR) is 61.5 cm³/mol. The van der Waals surface area contributed by atoms with Crippen molar-refractivity contribution in [1.29, 1.82) is 0 Å². The number of carbonyl (C=O) groups excluding carboxylic acids is 1. The van der Waals surface area contributed by atoms with Crippen LogP contribution in [-0.2, 0) is 10.9 Å². The molecule has 0 amide bonds. The molecule has 1 rings (SSSR count). The van der Waals surface area contributed by atoms with Crippen molar-refractivity contribution < 1.29 is 22.7 Å². The second kappa shape index (κ2) is 5.10. The van der Waals surface area contributed by atoms with Gasteiger partial charge in [0.1, 0.15) is 6.61 Å². The molecule has 0 saturated carbocycles. The molecule has 1 aromatic rings. The number of carbonyl (C=O) groups is 1. The Morgan fingerprint density at radius 3 is 2.22 bits per heavy atom. The number of alkyl halides is 3. The zero-order valence-corrected chi connectivity index (χ0v) is 10.5. The van der Waals surface area contributed by atoms with Crippen molar-refractivity contribution in [2.45, 2.75) is 32.5 Å². The quantitative estimate of drug-likeness (QED) is 0.774. The summed E-state index contributed by atoms with van der Waals surface area (Å²) in [5, 5.41) is 0. The molecule has 0 atom stereocenters. The first-order valence-electron chi connectivity index (χ1n) is 5.44. The first-order chi connectivity index (χ1) is 8.11. The van der Waals surface area contributed by atoms with Gasteiger partial charge in [-0.3, -0.25) is 4.79 Å². The first kappa shape index (κ1) is 14.7. The highest BCUT2D eigenvalue weighted by Gasteiger charge is 2.34. The van der Waals surface area contributed by atoms with Crippen LogP contribution in [0.25, 0.3) is 0 Å². The lowest BCUT2D eigenvalue weighted by atomic mass is 10.0. The number of ether oxygens (including phenoxy) is 1. The molecule has 0 spiro atoms. The minimum Gasteiger partial charge on any atom is -0.368 e. The fraction of sp³-hybridized carbons (Fsp3) is 0.462. The number of rotatable bonds is 3. The molecule has 0 unspecified atom stereocenters. The van der Waals surface area contributed by atoms with Crippen LogP contribution in [0.3, 0.4) is 0 Å². The molecule has 18 heavy (non-hydrogen) atoms. The van der Waals surface area contributed by atoms with E-state index in [9.17, 15) is 18.0 Å². The summed E-state index contributed by atoms with van der Waals surface area (Å²) in [5.41, 5.74) is -1.84. The van der Waals surface area contributed by atoms with E-state index in [-0.39, 0.29) is 12.2 Å². The summed E-state index contributed by atoms with van der Waals surface area (Å²) in [5.74, 6) is -0.669. The van der Waals surface area contributed by atoms with Gasteiger partial charge in [-0.05, 0) is 26.8 Å². The largest absolute Gasteiger partial charge is 0.417 e. The van der Waals surface area contributed by atoms with E-state index in [1.807, 2.05) is 0 Å². The lowest BCUT2D eigenvalue weighted by Gasteiger charge is -2.19. The molecule has 0 heterocycles. The SMILES string of the molecule is CC(C)(C)OCC(=O)c1ccccc1C(F)(F)F. The summed E-state index contributed by atoms with van der Waals surface area (Å²) in [4.78, 5) is 11.7. The normalized spacial score (nSPS) is 12.6. The molecule has 0 saturated heterocycles. The van der Waals surface area contributed by atoms with Crippen LogP contribution >= 0.6 is 0 Å². The van der Waals surface area contributed by atoms with Crippen LogP contribution in [0.1, 0.15) is 36.7 Å². The Balaban J connectivity index is 2.93. The molecule has 0 aliphatic rings. The molecule has 0 bridgehead atoms. The van der Waals surface area contributed by atoms with Crippen molar-refractivity contribution in [3.63, 3.8) is 0 Å². The Hall–Kier alpha value is -1.36. The molecular weight excluding hydrogens is 245 g/mol. The minimum absolute atomic E-state index is 0.353. The smallest absolute Gasteiger partial charge is 0.368 e. The third-order valence-electron chi connectivity index (χ3n) is 2.17. The van der Waals surface area contributed by atoms with Crippen molar-refractivity contribution in [1.82, 2.24) is 0 Å². The molecule has 0 aliphatic carbocycles. The summed E-state index contributed by atoms with van der Waals surface area (Å²) in [6.45, 7) is 4.83. The van der Waals surface area contributed by atoms with Crippen LogP contribution in [0.2, 0.25) is 0 Å². The number of benzene rings is 1. The average molecular weight is 260 g/mol. The zero-order chi connectivity index (χ0) is 14.0. The van der Waals surface area contributed by atoms with Crippen LogP contribution in [0.4, 0.5) is 13.2 Å². The Morgan fingerprint density at radius 1 is 1.17 bits per heavy atom. The van der Waals surface area contributed by atoms with Crippen molar-refractivity contribution in [3.8, 4) is 0 Å². The van der Waals surface area contributed by atoms with E-state index < -0.39 is 23.1 Å². The van der Waals surface area contributed by atoms with E-state index in [0.717, 1.165) is 12.1 Å². The number of hydrogen-bond acceptors (Lipinski definition) is 2. The Morgan fingerprint density at radius 2 is 1.72 bits per heavy atom. The van der Waals surface area contributed by atoms with E-state index in [2.05, 4.69) is 0 Å². The van der Waals surface area contributed by atoms with Gasteiger partial charge >= 0.3 is 6.18 Å². The number of ketones is 1. The van der Waals surface area contributed by atoms with Crippen molar-refractivity contribution in [2.75, 3.05) is 6.61 Å². The van der Waals surface area contributed by atoms with Crippen molar-refractivity contribution in [3.05, 3.63) is 35.4 Å². The highest BCUT2D eigenvalue weighted by Crippen LogP contribution is 2.32. The number of halogens is 3. The van der Waals surface area contributed by atoms with E-state index in [0.29, 0.717) is 0 Å². The summed E-state index contributed by atoms with van der Waals surface area (Å²) < 4.78 is 43.3. The van der Waals surface area contributed by atoms with Crippen molar-refractivity contribution in [2.24, 2.45) is 0 Å². The molecule has 2 nitrogen and oxygen atoms in total. The van der Waals surface area contributed by atoms with Gasteiger partial charge in [0.05, 0.1) is 11.2 Å². The number of Topliss-reactive ketones (excluding diaryl/α,β-unsaturated/α-hetero) is 1. The highest BCUT2D eigenvalue weighted by molar-refractivity contribution is 5.98. The Kier molecular flexibility index (Phi) is 4.16. The first-order valence-corrected chi connectivity index (χ1v) is 5.44. The topological polar surface area (TPSA) is 26.3 Å². The third kappa shape index (κ3) is 4.14. The highest BCUT2D eigenvalue weighted by atomic mass is 19.4. The molecule has 0 N–H and O–H groups in total. The lowest BCUT2D eigenvalue weighted by Crippen LogP contribution is -2.25. The van der Waals surface area contributed by atoms with Gasteiger partial charge in [0.2, 0.25) is 0 Å². The van der Waals surface area contributed by atoms with Crippen molar-refractivity contribution >= 4 is 5.78 Å². The summed E-state index contributed by atoms with van der Waals surface area (Å²) in [7, 11) is 0. The standard InChI is InChI=1S/C13H15F3O2/c1-12(2,3)18-8-11(17)9-6-4-5-7-10(9)13(14,15)16/h4-7H,8H2,1-3H3. The molecule has 0 radical (unpaired) electrons. The molecule has 0 aromatic heterocycles. The molecule has 0 aliphatic heterocycles. The van der Waals surface area contributed by atoms with E-state index in [4.69, 9.17) is 4.74 Å². The van der Waals surface area contributed by atoms with Crippen LogP contribution in [0, 0.1) is 0 Å². The second-order valence-corrected chi connectivity index (χ2v) is 4.87. The van der Waals surface area contributed by atoms with Crippen LogP contribution < -0.4 is 0 Å². The maximum Gasteiger partial charge on any atom is 0.417 e. The van der Waals surface area contributed by atoms with E-state index in [1.165, 1.54) is 12.1 Å². The maximum absolute atomic E-state index is 12.7. The van der Waals surface area contributed by atoms with Gasteiger partial charge in [-0.25, -0.2) is 0 Å². The van der Waals surface area contributed by atoms with Crippen LogP contribution in [0.15, 0.2) is 24.3 Å². The van der Waals surface area contributed by atoms with Gasteiger partial charge in [-0.15, -0.1) is 0 Å². The third-order valence-corrected chi connectivity index (χ3v) is 2.17. The van der Waals surface area contributed by atoms with Gasteiger partial charge in [-0.2, -0.15) is 13.2 Å². The molecule has 100 valence electrons. The van der Waals surface area contributed by atoms with E-state index in [1.54, 1.807) is 20.8 Å². The van der Waals surface area contributed by atoms with Gasteiger partial charge < -0.3 is 4.74 Å². The summed E-state index contributed by atoms with van der Waals surface area (Å²) in [6, 6.07) is 4.71. The monoisotopic (exact) mass is 260 g/mol. The van der Waals surface area contributed by atoms with E-state index >= 15 is 0 Å². The summed E-state index contributed by atoms with van der Waals surface area (Å²) in [6.07, 6.45) is -4.53. The van der Waals surface area contributed by atoms with Gasteiger partial charge in [-0.1, -0.05) is 18.2 Å². The molecule has 5 heteroatoms. The second-order valence-electron chi connectivity index (χ2n) is 4.87. The fourth-order valence-electron chi connectivity index (χ4n) is 1.33. The lowest BCUT2D eigenvalue weighted by molar-refractivity contribution is -0.138. The summed E-state index contributed by atoms with van der Waals surface area (Å²) >= 11 is 0. The van der Waals surface area contributed by atoms with Gasteiger partial charge in [0.25, 0.3) is 0 Å². The molecular formula is C13H15F3O2. The zero-order valence-electron chi connectivity index (χ0n) is 10.5. The minimum atomic E-state index is -4.53. The average Bonchev–Trinajstić information content (AvgIpc) is 2.24. The predicted octanol–water partition coefficient (Wildman–Crippen LogP) is 3.70. The fourth-order valence-corrected chi connectivity index (χ4v) is 1.33. The maximum atomic E-state index is 12.7. The van der Waals surface area contributed by atoms with Crippen LogP contribution in [-0.4, -0.2) is 18.0 Å². The van der Waals surface area contributed by atoms with Gasteiger partial charge in [0, 0.05) is 5.56 Å². The van der Waals surface area contributed by atoms with Crippen LogP contribution in [0.5, 0.6) is 0 Å². The van der Waals surface area contributed by atoms with Gasteiger partial charge in [0.15, 0.2) is 5.78 Å².